The number of hydrogen-bond donors (Lipinski definition) is 1. The van der Waals surface area contributed by atoms with Crippen molar-refractivity contribution in [2.75, 3.05) is 14.2 Å². The molecule has 0 aliphatic rings. The van der Waals surface area contributed by atoms with Crippen LogP contribution in [-0.4, -0.2) is 14.2 Å². The molecule has 0 heterocycles. The van der Waals surface area contributed by atoms with Crippen LogP contribution in [0.5, 0.6) is 5.75 Å². The Labute approximate surface area is 137 Å². The third kappa shape index (κ3) is 3.96. The topological polar surface area (TPSA) is 21.3 Å². The lowest BCUT2D eigenvalue weighted by Gasteiger charge is -2.18. The minimum absolute atomic E-state index is 0.0137. The molecule has 21 heavy (non-hydrogen) atoms. The highest BCUT2D eigenvalue weighted by atomic mass is 79.9. The van der Waals surface area contributed by atoms with Gasteiger partial charge in [-0.25, -0.2) is 4.39 Å². The summed E-state index contributed by atoms with van der Waals surface area (Å²) >= 11 is 9.27. The van der Waals surface area contributed by atoms with E-state index in [1.807, 2.05) is 31.3 Å². The third-order valence-electron chi connectivity index (χ3n) is 3.37. The van der Waals surface area contributed by atoms with E-state index in [1.54, 1.807) is 13.2 Å². The van der Waals surface area contributed by atoms with Crippen molar-refractivity contribution in [1.82, 2.24) is 5.32 Å². The molecule has 0 radical (unpaired) electrons. The highest BCUT2D eigenvalue weighted by Crippen LogP contribution is 2.28. The van der Waals surface area contributed by atoms with Gasteiger partial charge < -0.3 is 10.1 Å². The zero-order valence-corrected chi connectivity index (χ0v) is 14.1. The van der Waals surface area contributed by atoms with Crippen LogP contribution in [0.15, 0.2) is 40.9 Å². The molecule has 112 valence electrons. The van der Waals surface area contributed by atoms with Gasteiger partial charge in [0.1, 0.15) is 11.6 Å². The molecule has 2 aromatic carbocycles. The standard InChI is InChI=1S/C16H16BrClFNO/c1-20-16(10-3-6-14(18)15(19)8-10)9-11-7-12(21-2)4-5-13(11)17/h3-8,16,20H,9H2,1-2H3. The fraction of sp³-hybridized carbons (Fsp3) is 0.250. The maximum Gasteiger partial charge on any atom is 0.142 e. The van der Waals surface area contributed by atoms with E-state index in [-0.39, 0.29) is 11.1 Å². The summed E-state index contributed by atoms with van der Waals surface area (Å²) in [5.41, 5.74) is 1.94. The predicted octanol–water partition coefficient (Wildman–Crippen LogP) is 4.75. The lowest BCUT2D eigenvalue weighted by molar-refractivity contribution is 0.413. The number of rotatable bonds is 5. The molecule has 2 rings (SSSR count). The van der Waals surface area contributed by atoms with Crippen molar-refractivity contribution < 1.29 is 9.13 Å². The van der Waals surface area contributed by atoms with Crippen LogP contribution in [0.3, 0.4) is 0 Å². The van der Waals surface area contributed by atoms with Gasteiger partial charge in [-0.1, -0.05) is 33.6 Å². The van der Waals surface area contributed by atoms with E-state index in [2.05, 4.69) is 21.2 Å². The second kappa shape index (κ2) is 7.25. The van der Waals surface area contributed by atoms with E-state index in [0.717, 1.165) is 21.3 Å². The number of halogens is 3. The molecule has 0 aliphatic carbocycles. The van der Waals surface area contributed by atoms with Crippen LogP contribution < -0.4 is 10.1 Å². The van der Waals surface area contributed by atoms with Crippen molar-refractivity contribution in [3.05, 3.63) is 62.8 Å². The Kier molecular flexibility index (Phi) is 5.62. The van der Waals surface area contributed by atoms with Gasteiger partial charge in [0.05, 0.1) is 12.1 Å². The fourth-order valence-corrected chi connectivity index (χ4v) is 2.70. The van der Waals surface area contributed by atoms with Crippen LogP contribution >= 0.6 is 27.5 Å². The molecule has 0 saturated heterocycles. The zero-order valence-electron chi connectivity index (χ0n) is 11.8. The summed E-state index contributed by atoms with van der Waals surface area (Å²) < 4.78 is 19.9. The maximum absolute atomic E-state index is 13.6. The van der Waals surface area contributed by atoms with Crippen LogP contribution in [0.2, 0.25) is 5.02 Å². The molecule has 2 nitrogen and oxygen atoms in total. The average Bonchev–Trinajstić information content (AvgIpc) is 2.49. The van der Waals surface area contributed by atoms with E-state index < -0.39 is 5.82 Å². The van der Waals surface area contributed by atoms with Gasteiger partial charge in [-0.2, -0.15) is 0 Å². The van der Waals surface area contributed by atoms with E-state index in [4.69, 9.17) is 16.3 Å². The zero-order chi connectivity index (χ0) is 15.4. The van der Waals surface area contributed by atoms with Crippen LogP contribution in [0.1, 0.15) is 17.2 Å². The molecular weight excluding hydrogens is 357 g/mol. The molecule has 0 aliphatic heterocycles. The highest BCUT2D eigenvalue weighted by molar-refractivity contribution is 9.10. The first-order valence-corrected chi connectivity index (χ1v) is 7.67. The fourth-order valence-electron chi connectivity index (χ4n) is 2.17. The summed E-state index contributed by atoms with van der Waals surface area (Å²) in [7, 11) is 3.49. The van der Waals surface area contributed by atoms with Gasteiger partial charge in [0.25, 0.3) is 0 Å². The average molecular weight is 373 g/mol. The van der Waals surface area contributed by atoms with Gasteiger partial charge in [0.2, 0.25) is 0 Å². The SMILES string of the molecule is CNC(Cc1cc(OC)ccc1Br)c1ccc(Cl)c(F)c1. The van der Waals surface area contributed by atoms with E-state index in [1.165, 1.54) is 6.07 Å². The summed E-state index contributed by atoms with van der Waals surface area (Å²) in [6.45, 7) is 0. The second-order valence-corrected chi connectivity index (χ2v) is 5.94. The molecule has 1 atom stereocenters. The number of methoxy groups -OCH3 is 1. The number of nitrogens with one attached hydrogen (secondary N) is 1. The predicted molar refractivity (Wildman–Crippen MR) is 87.6 cm³/mol. The molecule has 0 fully saturated rings. The van der Waals surface area contributed by atoms with Crippen molar-refractivity contribution in [1.29, 1.82) is 0 Å². The van der Waals surface area contributed by atoms with Crippen molar-refractivity contribution in [3.8, 4) is 5.75 Å². The van der Waals surface area contributed by atoms with Crippen molar-refractivity contribution >= 4 is 27.5 Å². The molecule has 5 heteroatoms. The molecular formula is C16H16BrClFNO. The Bertz CT molecular complexity index is 636. The van der Waals surface area contributed by atoms with Crippen LogP contribution in [-0.2, 0) is 6.42 Å². The lowest BCUT2D eigenvalue weighted by atomic mass is 9.99. The Hall–Kier alpha value is -1.10. The van der Waals surface area contributed by atoms with E-state index in [9.17, 15) is 4.39 Å². The molecule has 0 bridgehead atoms. The first-order chi connectivity index (χ1) is 10.0. The van der Waals surface area contributed by atoms with Crippen molar-refractivity contribution in [2.24, 2.45) is 0 Å². The van der Waals surface area contributed by atoms with Gasteiger partial charge in [-0.15, -0.1) is 0 Å². The molecule has 2 aromatic rings. The normalized spacial score (nSPS) is 12.2. The van der Waals surface area contributed by atoms with Gasteiger partial charge in [-0.05, 0) is 54.9 Å². The Morgan fingerprint density at radius 1 is 1.29 bits per heavy atom. The Morgan fingerprint density at radius 3 is 2.67 bits per heavy atom. The second-order valence-electron chi connectivity index (χ2n) is 4.68. The minimum atomic E-state index is -0.404. The molecule has 0 spiro atoms. The van der Waals surface area contributed by atoms with Gasteiger partial charge in [0, 0.05) is 10.5 Å². The van der Waals surface area contributed by atoms with Gasteiger partial charge in [-0.3, -0.25) is 0 Å². The first kappa shape index (κ1) is 16.3. The molecule has 0 saturated carbocycles. The van der Waals surface area contributed by atoms with Gasteiger partial charge >= 0.3 is 0 Å². The molecule has 0 amide bonds. The van der Waals surface area contributed by atoms with Crippen LogP contribution in [0.4, 0.5) is 4.39 Å². The third-order valence-corrected chi connectivity index (χ3v) is 4.45. The van der Waals surface area contributed by atoms with Crippen LogP contribution in [0.25, 0.3) is 0 Å². The first-order valence-electron chi connectivity index (χ1n) is 6.49. The molecule has 1 N–H and O–H groups in total. The highest BCUT2D eigenvalue weighted by Gasteiger charge is 2.14. The van der Waals surface area contributed by atoms with E-state index in [0.29, 0.717) is 6.42 Å². The minimum Gasteiger partial charge on any atom is -0.497 e. The number of likely N-dealkylation sites (N-methyl/N-ethyl adjacent to an activating group) is 1. The van der Waals surface area contributed by atoms with E-state index >= 15 is 0 Å². The monoisotopic (exact) mass is 371 g/mol. The summed E-state index contributed by atoms with van der Waals surface area (Å²) in [5, 5.41) is 3.34. The smallest absolute Gasteiger partial charge is 0.142 e. The Morgan fingerprint density at radius 2 is 2.05 bits per heavy atom. The number of hydrogen-bond acceptors (Lipinski definition) is 2. The number of ether oxygens (including phenoxy) is 1. The van der Waals surface area contributed by atoms with Crippen molar-refractivity contribution in [2.45, 2.75) is 12.5 Å². The Balaban J connectivity index is 2.28. The molecule has 0 aromatic heterocycles. The number of benzene rings is 2. The summed E-state index contributed by atoms with van der Waals surface area (Å²) in [4.78, 5) is 0. The largest absolute Gasteiger partial charge is 0.497 e. The summed E-state index contributed by atoms with van der Waals surface area (Å²) in [6.07, 6.45) is 0.704. The quantitative estimate of drug-likeness (QED) is 0.817. The lowest BCUT2D eigenvalue weighted by Crippen LogP contribution is -2.19. The summed E-state index contributed by atoms with van der Waals surface area (Å²) in [6, 6.07) is 10.7. The van der Waals surface area contributed by atoms with Crippen LogP contribution in [0, 0.1) is 5.82 Å². The van der Waals surface area contributed by atoms with Gasteiger partial charge in [0.15, 0.2) is 0 Å². The van der Waals surface area contributed by atoms with Crippen molar-refractivity contribution in [3.63, 3.8) is 0 Å². The summed E-state index contributed by atoms with van der Waals surface area (Å²) in [5.74, 6) is 0.393. The molecule has 1 unspecified atom stereocenters. The maximum atomic E-state index is 13.6.